The van der Waals surface area contributed by atoms with Crippen molar-refractivity contribution in [3.63, 3.8) is 0 Å². The van der Waals surface area contributed by atoms with Crippen molar-refractivity contribution in [2.45, 2.75) is 57.6 Å². The minimum Gasteiger partial charge on any atom is -0.396 e. The molecule has 200 valence electrons. The molecule has 0 aliphatic heterocycles. The van der Waals surface area contributed by atoms with Crippen LogP contribution in [0.3, 0.4) is 0 Å². The van der Waals surface area contributed by atoms with Crippen molar-refractivity contribution in [3.05, 3.63) is 99.5 Å². The SMILES string of the molecule is Nc1c(Cl)cc(C(O)CN(CCCCCCOCCCCc2ccccc2)Cc2ccccc2)cc1Cl. The molecule has 1 unspecified atom stereocenters. The molecular formula is C31H40Cl2N2O2. The van der Waals surface area contributed by atoms with Gasteiger partial charge in [0.1, 0.15) is 0 Å². The highest BCUT2D eigenvalue weighted by Crippen LogP contribution is 2.31. The van der Waals surface area contributed by atoms with Gasteiger partial charge >= 0.3 is 0 Å². The maximum atomic E-state index is 10.9. The van der Waals surface area contributed by atoms with Crippen molar-refractivity contribution in [1.82, 2.24) is 4.90 Å². The average Bonchev–Trinajstić information content (AvgIpc) is 2.91. The highest BCUT2D eigenvalue weighted by atomic mass is 35.5. The Kier molecular flexibility index (Phi) is 13.3. The molecule has 3 aromatic carbocycles. The number of nitrogens with zero attached hydrogens (tertiary/aromatic N) is 1. The van der Waals surface area contributed by atoms with Gasteiger partial charge in [-0.05, 0) is 67.5 Å². The molecule has 0 heterocycles. The van der Waals surface area contributed by atoms with Crippen LogP contribution in [0.4, 0.5) is 5.69 Å². The molecule has 0 spiro atoms. The van der Waals surface area contributed by atoms with Gasteiger partial charge < -0.3 is 15.6 Å². The van der Waals surface area contributed by atoms with E-state index in [1.165, 1.54) is 17.5 Å². The fourth-order valence-electron chi connectivity index (χ4n) is 4.40. The number of nitrogen functional groups attached to an aromatic ring is 1. The summed E-state index contributed by atoms with van der Waals surface area (Å²) in [6.07, 6.45) is 7.14. The first-order chi connectivity index (χ1) is 18.0. The van der Waals surface area contributed by atoms with Crippen molar-refractivity contribution in [3.8, 4) is 0 Å². The largest absolute Gasteiger partial charge is 0.396 e. The van der Waals surface area contributed by atoms with Crippen molar-refractivity contribution in [1.29, 1.82) is 0 Å². The Labute approximate surface area is 232 Å². The fourth-order valence-corrected chi connectivity index (χ4v) is 4.90. The molecule has 0 aliphatic rings. The van der Waals surface area contributed by atoms with Crippen LogP contribution in [-0.2, 0) is 17.7 Å². The average molecular weight is 544 g/mol. The Hall–Kier alpha value is -2.08. The first-order valence-corrected chi connectivity index (χ1v) is 14.1. The monoisotopic (exact) mass is 542 g/mol. The van der Waals surface area contributed by atoms with Crippen molar-refractivity contribution < 1.29 is 9.84 Å². The van der Waals surface area contributed by atoms with E-state index in [0.29, 0.717) is 27.8 Å². The number of unbranched alkanes of at least 4 members (excludes halogenated alkanes) is 4. The molecule has 0 saturated carbocycles. The number of nitrogens with two attached hydrogens (primary N) is 1. The molecular weight excluding hydrogens is 503 g/mol. The van der Waals surface area contributed by atoms with Crippen LogP contribution in [-0.4, -0.2) is 36.3 Å². The minimum atomic E-state index is -0.699. The lowest BCUT2D eigenvalue weighted by Gasteiger charge is -2.26. The highest BCUT2D eigenvalue weighted by molar-refractivity contribution is 6.38. The predicted octanol–water partition coefficient (Wildman–Crippen LogP) is 7.71. The molecule has 3 N–H and O–H groups in total. The predicted molar refractivity (Wildman–Crippen MR) is 156 cm³/mol. The Morgan fingerprint density at radius 1 is 0.757 bits per heavy atom. The number of halogens is 2. The molecule has 0 aliphatic carbocycles. The molecule has 0 aromatic heterocycles. The van der Waals surface area contributed by atoms with E-state index < -0.39 is 6.10 Å². The molecule has 3 aromatic rings. The topological polar surface area (TPSA) is 58.7 Å². The second-order valence-electron chi connectivity index (χ2n) is 9.60. The molecule has 3 rings (SSSR count). The van der Waals surface area contributed by atoms with Crippen LogP contribution < -0.4 is 5.73 Å². The molecule has 0 saturated heterocycles. The summed E-state index contributed by atoms with van der Waals surface area (Å²) in [5.74, 6) is 0. The van der Waals surface area contributed by atoms with Crippen LogP contribution in [0.2, 0.25) is 10.0 Å². The van der Waals surface area contributed by atoms with Gasteiger partial charge in [0.2, 0.25) is 0 Å². The van der Waals surface area contributed by atoms with Gasteiger partial charge in [-0.25, -0.2) is 0 Å². The zero-order valence-corrected chi connectivity index (χ0v) is 23.1. The van der Waals surface area contributed by atoms with Gasteiger partial charge in [-0.2, -0.15) is 0 Å². The number of anilines is 1. The lowest BCUT2D eigenvalue weighted by molar-refractivity contribution is 0.107. The summed E-state index contributed by atoms with van der Waals surface area (Å²) in [7, 11) is 0. The van der Waals surface area contributed by atoms with Gasteiger partial charge in [-0.15, -0.1) is 0 Å². The zero-order valence-electron chi connectivity index (χ0n) is 21.6. The van der Waals surface area contributed by atoms with E-state index in [1.807, 2.05) is 18.2 Å². The number of rotatable bonds is 17. The summed E-state index contributed by atoms with van der Waals surface area (Å²) in [5, 5.41) is 11.7. The second-order valence-corrected chi connectivity index (χ2v) is 10.4. The van der Waals surface area contributed by atoms with E-state index in [1.54, 1.807) is 12.1 Å². The summed E-state index contributed by atoms with van der Waals surface area (Å²) in [4.78, 5) is 2.29. The van der Waals surface area contributed by atoms with Crippen molar-refractivity contribution in [2.24, 2.45) is 0 Å². The Balaban J connectivity index is 1.34. The third-order valence-corrected chi connectivity index (χ3v) is 7.15. The van der Waals surface area contributed by atoms with Crippen LogP contribution in [0.1, 0.15) is 61.3 Å². The zero-order chi connectivity index (χ0) is 26.3. The lowest BCUT2D eigenvalue weighted by Crippen LogP contribution is -2.29. The highest BCUT2D eigenvalue weighted by Gasteiger charge is 2.16. The molecule has 0 radical (unpaired) electrons. The van der Waals surface area contributed by atoms with E-state index in [4.69, 9.17) is 33.7 Å². The molecule has 0 bridgehead atoms. The number of hydrogen-bond acceptors (Lipinski definition) is 4. The lowest BCUT2D eigenvalue weighted by atomic mass is 10.1. The summed E-state index contributed by atoms with van der Waals surface area (Å²) in [6, 6.07) is 24.4. The Morgan fingerprint density at radius 2 is 1.32 bits per heavy atom. The summed E-state index contributed by atoms with van der Waals surface area (Å²) < 4.78 is 5.83. The van der Waals surface area contributed by atoms with Crippen LogP contribution >= 0.6 is 23.2 Å². The van der Waals surface area contributed by atoms with Gasteiger partial charge in [0, 0.05) is 26.3 Å². The molecule has 0 amide bonds. The van der Waals surface area contributed by atoms with E-state index >= 15 is 0 Å². The maximum absolute atomic E-state index is 10.9. The number of aryl methyl sites for hydroxylation is 1. The van der Waals surface area contributed by atoms with E-state index in [9.17, 15) is 5.11 Å². The summed E-state index contributed by atoms with van der Waals surface area (Å²) >= 11 is 12.4. The second kappa shape index (κ2) is 16.7. The van der Waals surface area contributed by atoms with Gasteiger partial charge in [0.05, 0.1) is 21.8 Å². The molecule has 1 atom stereocenters. The van der Waals surface area contributed by atoms with Crippen molar-refractivity contribution in [2.75, 3.05) is 32.0 Å². The van der Waals surface area contributed by atoms with Gasteiger partial charge in [0.25, 0.3) is 0 Å². The Bertz CT molecular complexity index is 1010. The van der Waals surface area contributed by atoms with Crippen LogP contribution in [0.25, 0.3) is 0 Å². The number of hydrogen-bond donors (Lipinski definition) is 2. The third-order valence-electron chi connectivity index (χ3n) is 6.53. The normalized spacial score (nSPS) is 12.2. The van der Waals surface area contributed by atoms with Crippen molar-refractivity contribution >= 4 is 28.9 Å². The molecule has 6 heteroatoms. The quantitative estimate of drug-likeness (QED) is 0.135. The molecule has 0 fully saturated rings. The molecule has 37 heavy (non-hydrogen) atoms. The third kappa shape index (κ3) is 11.1. The first kappa shape index (κ1) is 29.5. The van der Waals surface area contributed by atoms with Crippen LogP contribution in [0, 0.1) is 0 Å². The number of aliphatic hydroxyl groups excluding tert-OH is 1. The minimum absolute atomic E-state index is 0.344. The summed E-state index contributed by atoms with van der Waals surface area (Å²) in [6.45, 7) is 3.85. The fraction of sp³-hybridized carbons (Fsp3) is 0.419. The van der Waals surface area contributed by atoms with E-state index in [2.05, 4.69) is 47.4 Å². The smallest absolute Gasteiger partial charge is 0.0918 e. The van der Waals surface area contributed by atoms with Gasteiger partial charge in [-0.3, -0.25) is 4.90 Å². The van der Waals surface area contributed by atoms with Crippen LogP contribution in [0.15, 0.2) is 72.8 Å². The summed E-state index contributed by atoms with van der Waals surface area (Å²) in [5.41, 5.74) is 9.51. The molecule has 4 nitrogen and oxygen atoms in total. The number of aliphatic hydroxyl groups is 1. The number of benzene rings is 3. The van der Waals surface area contributed by atoms with Gasteiger partial charge in [0.15, 0.2) is 0 Å². The van der Waals surface area contributed by atoms with E-state index in [0.717, 1.165) is 64.8 Å². The standard InChI is InChI=1S/C31H40Cl2N2O2/c32-28-21-27(22-29(33)31(28)34)30(36)24-35(23-26-16-7-4-8-17-26)18-10-1-2-11-19-37-20-12-9-15-25-13-5-3-6-14-25/h3-8,13-14,16-17,21-22,30,36H,1-2,9-12,15,18-20,23-24,34H2. The number of ether oxygens (including phenoxy) is 1. The van der Waals surface area contributed by atoms with E-state index in [-0.39, 0.29) is 0 Å². The Morgan fingerprint density at radius 3 is 1.97 bits per heavy atom. The first-order valence-electron chi connectivity index (χ1n) is 13.3. The van der Waals surface area contributed by atoms with Crippen LogP contribution in [0.5, 0.6) is 0 Å². The maximum Gasteiger partial charge on any atom is 0.0918 e. The van der Waals surface area contributed by atoms with Gasteiger partial charge in [-0.1, -0.05) is 96.7 Å².